The van der Waals surface area contributed by atoms with Crippen molar-refractivity contribution in [3.63, 3.8) is 0 Å². The lowest BCUT2D eigenvalue weighted by atomic mass is 9.73. The van der Waals surface area contributed by atoms with Gasteiger partial charge in [0, 0.05) is 0 Å². The van der Waals surface area contributed by atoms with E-state index in [1.54, 1.807) is 0 Å². The second-order valence-corrected chi connectivity index (χ2v) is 5.71. The number of aryl methyl sites for hydroxylation is 2. The van der Waals surface area contributed by atoms with Crippen LogP contribution in [0.1, 0.15) is 43.5 Å². The molecule has 1 saturated carbocycles. The first-order chi connectivity index (χ1) is 9.45. The summed E-state index contributed by atoms with van der Waals surface area (Å²) in [4.78, 5) is 17.0. The molecule has 1 aliphatic carbocycles. The molecule has 0 unspecified atom stereocenters. The minimum absolute atomic E-state index is 0.208. The van der Waals surface area contributed by atoms with Gasteiger partial charge in [-0.15, -0.1) is 5.10 Å². The molecule has 1 aliphatic rings. The van der Waals surface area contributed by atoms with Gasteiger partial charge in [-0.3, -0.25) is 10.1 Å². The summed E-state index contributed by atoms with van der Waals surface area (Å²) < 4.78 is 0. The number of hydrogen-bond acceptors (Lipinski definition) is 5. The van der Waals surface area contributed by atoms with Gasteiger partial charge in [-0.05, 0) is 26.7 Å². The van der Waals surface area contributed by atoms with E-state index in [1.807, 2.05) is 13.8 Å². The maximum atomic E-state index is 12.5. The minimum Gasteiger partial charge on any atom is -0.392 e. The quantitative estimate of drug-likeness (QED) is 0.823. The highest BCUT2D eigenvalue weighted by atomic mass is 32.1. The molecule has 1 aromatic rings. The van der Waals surface area contributed by atoms with Gasteiger partial charge in [0.25, 0.3) is 0 Å². The average Bonchev–Trinajstić information content (AvgIpc) is 2.43. The van der Waals surface area contributed by atoms with Crippen LogP contribution in [-0.4, -0.2) is 26.1 Å². The zero-order valence-corrected chi connectivity index (χ0v) is 12.6. The summed E-state index contributed by atoms with van der Waals surface area (Å²) >= 11 is 5.13. The second-order valence-electron chi connectivity index (χ2n) is 5.27. The van der Waals surface area contributed by atoms with Crippen LogP contribution in [0.15, 0.2) is 0 Å². The van der Waals surface area contributed by atoms with E-state index in [9.17, 15) is 4.79 Å². The number of nitrogens with one attached hydrogen (secondary N) is 1. The highest BCUT2D eigenvalue weighted by molar-refractivity contribution is 7.80. The fourth-order valence-corrected chi connectivity index (χ4v) is 2.77. The van der Waals surface area contributed by atoms with Crippen LogP contribution < -0.4 is 11.1 Å². The van der Waals surface area contributed by atoms with E-state index in [1.165, 1.54) is 0 Å². The van der Waals surface area contributed by atoms with Gasteiger partial charge in [0.2, 0.25) is 11.9 Å². The Morgan fingerprint density at radius 2 is 1.85 bits per heavy atom. The molecule has 1 fully saturated rings. The Labute approximate surface area is 123 Å². The van der Waals surface area contributed by atoms with Crippen molar-refractivity contribution >= 4 is 29.1 Å². The summed E-state index contributed by atoms with van der Waals surface area (Å²) in [6, 6.07) is 0. The first kappa shape index (κ1) is 14.8. The van der Waals surface area contributed by atoms with Crippen LogP contribution in [-0.2, 0) is 4.79 Å². The van der Waals surface area contributed by atoms with Gasteiger partial charge in [0.1, 0.15) is 0 Å². The van der Waals surface area contributed by atoms with Gasteiger partial charge in [-0.2, -0.15) is 5.10 Å². The van der Waals surface area contributed by atoms with Gasteiger partial charge in [0.15, 0.2) is 0 Å². The van der Waals surface area contributed by atoms with Gasteiger partial charge >= 0.3 is 0 Å². The van der Waals surface area contributed by atoms with Gasteiger partial charge in [-0.25, -0.2) is 4.98 Å². The van der Waals surface area contributed by atoms with Crippen molar-refractivity contribution in [3.8, 4) is 0 Å². The van der Waals surface area contributed by atoms with Crippen LogP contribution in [0.2, 0.25) is 0 Å². The molecule has 1 amide bonds. The Hall–Kier alpha value is -1.63. The number of nitrogens with two attached hydrogens (primary N) is 1. The third kappa shape index (κ3) is 2.77. The van der Waals surface area contributed by atoms with E-state index < -0.39 is 5.41 Å². The summed E-state index contributed by atoms with van der Waals surface area (Å²) in [6.07, 6.45) is 4.39. The molecule has 6 nitrogen and oxygen atoms in total. The van der Waals surface area contributed by atoms with Crippen molar-refractivity contribution in [3.05, 3.63) is 11.4 Å². The standard InChI is InChI=1S/C13H19N5OS/c1-8-9(2)17-18-12(15-8)16-11(19)13(10(14)20)6-4-3-5-7-13/h3-7H2,1-2H3,(H2,14,20)(H,15,16,18,19). The minimum atomic E-state index is -0.768. The summed E-state index contributed by atoms with van der Waals surface area (Å²) in [5.74, 6) is -0.00551. The van der Waals surface area contributed by atoms with Crippen molar-refractivity contribution in [2.45, 2.75) is 46.0 Å². The molecule has 20 heavy (non-hydrogen) atoms. The van der Waals surface area contributed by atoms with Gasteiger partial charge in [-0.1, -0.05) is 31.5 Å². The molecule has 0 saturated heterocycles. The molecule has 0 radical (unpaired) electrons. The van der Waals surface area contributed by atoms with E-state index >= 15 is 0 Å². The Morgan fingerprint density at radius 1 is 1.20 bits per heavy atom. The average molecular weight is 293 g/mol. The van der Waals surface area contributed by atoms with Gasteiger partial charge in [0.05, 0.1) is 21.8 Å². The molecule has 0 aromatic carbocycles. The summed E-state index contributed by atoms with van der Waals surface area (Å²) in [6.45, 7) is 3.64. The van der Waals surface area contributed by atoms with E-state index in [2.05, 4.69) is 20.5 Å². The summed E-state index contributed by atoms with van der Waals surface area (Å²) in [5.41, 5.74) is 6.54. The largest absolute Gasteiger partial charge is 0.392 e. The first-order valence-corrected chi connectivity index (χ1v) is 7.16. The normalized spacial score (nSPS) is 17.5. The van der Waals surface area contributed by atoms with Crippen LogP contribution in [0.25, 0.3) is 0 Å². The van der Waals surface area contributed by atoms with E-state index in [0.29, 0.717) is 12.8 Å². The summed E-state index contributed by atoms with van der Waals surface area (Å²) in [7, 11) is 0. The number of anilines is 1. The van der Waals surface area contributed by atoms with Crippen molar-refractivity contribution in [1.82, 2.24) is 15.2 Å². The third-order valence-electron chi connectivity index (χ3n) is 3.93. The first-order valence-electron chi connectivity index (χ1n) is 6.75. The molecular formula is C13H19N5OS. The van der Waals surface area contributed by atoms with Crippen LogP contribution in [0, 0.1) is 19.3 Å². The zero-order valence-electron chi connectivity index (χ0n) is 11.8. The Bertz CT molecular complexity index is 540. The fraction of sp³-hybridized carbons (Fsp3) is 0.615. The molecule has 108 valence electrons. The summed E-state index contributed by atoms with van der Waals surface area (Å²) in [5, 5.41) is 10.6. The number of carbonyl (C=O) groups is 1. The Balaban J connectivity index is 2.20. The lowest BCUT2D eigenvalue weighted by Gasteiger charge is -2.34. The highest BCUT2D eigenvalue weighted by Gasteiger charge is 2.42. The van der Waals surface area contributed by atoms with E-state index in [4.69, 9.17) is 18.0 Å². The lowest BCUT2D eigenvalue weighted by molar-refractivity contribution is -0.123. The van der Waals surface area contributed by atoms with Gasteiger partial charge < -0.3 is 5.73 Å². The van der Waals surface area contributed by atoms with Crippen molar-refractivity contribution in [2.75, 3.05) is 5.32 Å². The maximum Gasteiger partial charge on any atom is 0.249 e. The number of thiocarbonyl (C=S) groups is 1. The highest BCUT2D eigenvalue weighted by Crippen LogP contribution is 2.37. The molecule has 1 heterocycles. The number of aromatic nitrogens is 3. The Morgan fingerprint density at radius 3 is 2.40 bits per heavy atom. The molecule has 1 aromatic heterocycles. The molecule has 0 spiro atoms. The van der Waals surface area contributed by atoms with Crippen LogP contribution in [0.5, 0.6) is 0 Å². The SMILES string of the molecule is Cc1nnc(NC(=O)C2(C(N)=S)CCCCC2)nc1C. The van der Waals surface area contributed by atoms with Crippen molar-refractivity contribution < 1.29 is 4.79 Å². The van der Waals surface area contributed by atoms with E-state index in [-0.39, 0.29) is 16.8 Å². The maximum absolute atomic E-state index is 12.5. The zero-order chi connectivity index (χ0) is 14.8. The molecule has 7 heteroatoms. The number of nitrogens with zero attached hydrogens (tertiary/aromatic N) is 3. The second kappa shape index (κ2) is 5.78. The number of carbonyl (C=O) groups excluding carboxylic acids is 1. The Kier molecular flexibility index (Phi) is 4.27. The van der Waals surface area contributed by atoms with Crippen LogP contribution >= 0.6 is 12.2 Å². The fourth-order valence-electron chi connectivity index (χ4n) is 2.47. The lowest BCUT2D eigenvalue weighted by Crippen LogP contribution is -2.47. The third-order valence-corrected chi connectivity index (χ3v) is 4.32. The number of amides is 1. The number of hydrogen-bond donors (Lipinski definition) is 2. The molecular weight excluding hydrogens is 274 g/mol. The monoisotopic (exact) mass is 293 g/mol. The van der Waals surface area contributed by atoms with Crippen molar-refractivity contribution in [1.29, 1.82) is 0 Å². The predicted molar refractivity (Wildman–Crippen MR) is 80.2 cm³/mol. The molecule has 0 aliphatic heterocycles. The van der Waals surface area contributed by atoms with E-state index in [0.717, 1.165) is 30.7 Å². The smallest absolute Gasteiger partial charge is 0.249 e. The molecule has 0 bridgehead atoms. The predicted octanol–water partition coefficient (Wildman–Crippen LogP) is 1.66. The van der Waals surface area contributed by atoms with Crippen LogP contribution in [0.3, 0.4) is 0 Å². The van der Waals surface area contributed by atoms with Crippen molar-refractivity contribution in [2.24, 2.45) is 11.1 Å². The molecule has 3 N–H and O–H groups in total. The van der Waals surface area contributed by atoms with Crippen LogP contribution in [0.4, 0.5) is 5.95 Å². The topological polar surface area (TPSA) is 93.8 Å². The number of rotatable bonds is 3. The molecule has 2 rings (SSSR count). The molecule has 0 atom stereocenters.